The van der Waals surface area contributed by atoms with E-state index in [0.717, 1.165) is 13.8 Å². The van der Waals surface area contributed by atoms with Crippen molar-refractivity contribution in [3.05, 3.63) is 0 Å². The summed E-state index contributed by atoms with van der Waals surface area (Å²) in [6.07, 6.45) is -1.36. The van der Waals surface area contributed by atoms with E-state index < -0.39 is 52.4 Å². The molecule has 0 rings (SSSR count). The monoisotopic (exact) mass is 431 g/mol. The van der Waals surface area contributed by atoms with Gasteiger partial charge in [0, 0.05) is 0 Å². The Hall–Kier alpha value is -0.360. The number of sulfonamides is 4. The Balaban J connectivity index is 6.13. The SMILES string of the molecule is CC(N(O)C(C)N(S(C)(=O)=O)S(C)(=O)=O)N(S(C)(=O)=O)S(C)(=O)=O. The van der Waals surface area contributed by atoms with Gasteiger partial charge >= 0.3 is 0 Å². The van der Waals surface area contributed by atoms with Crippen molar-refractivity contribution in [3.63, 3.8) is 0 Å². The maximum atomic E-state index is 11.7. The van der Waals surface area contributed by atoms with Crippen molar-refractivity contribution in [2.24, 2.45) is 0 Å². The quantitative estimate of drug-likeness (QED) is 0.329. The van der Waals surface area contributed by atoms with E-state index in [4.69, 9.17) is 0 Å². The predicted octanol–water partition coefficient (Wildman–Crippen LogP) is -2.19. The largest absolute Gasteiger partial charge is 0.311 e. The van der Waals surface area contributed by atoms with Gasteiger partial charge in [-0.2, -0.15) is 5.06 Å². The first-order valence-corrected chi connectivity index (χ1v) is 13.5. The van der Waals surface area contributed by atoms with E-state index in [1.54, 1.807) is 0 Å². The van der Waals surface area contributed by atoms with Crippen LogP contribution < -0.4 is 0 Å². The average molecular weight is 432 g/mol. The molecule has 0 aliphatic rings. The highest BCUT2D eigenvalue weighted by molar-refractivity contribution is 8.03. The lowest BCUT2D eigenvalue weighted by molar-refractivity contribution is -0.181. The lowest BCUT2D eigenvalue weighted by atomic mass is 10.5. The third kappa shape index (κ3) is 5.87. The molecule has 0 aliphatic carbocycles. The fraction of sp³-hybridized carbons (Fsp3) is 1.00. The number of rotatable bonds is 8. The Bertz CT molecular complexity index is 737. The number of nitrogens with zero attached hydrogens (tertiary/aromatic N) is 3. The molecule has 0 saturated carbocycles. The summed E-state index contributed by atoms with van der Waals surface area (Å²) in [7, 11) is -17.5. The van der Waals surface area contributed by atoms with Crippen LogP contribution in [0.25, 0.3) is 0 Å². The van der Waals surface area contributed by atoms with Gasteiger partial charge in [0.05, 0.1) is 25.0 Å². The van der Waals surface area contributed by atoms with Crippen LogP contribution in [0.5, 0.6) is 0 Å². The standard InChI is InChI=1S/C8H21N3O9S4/c1-7(10(21(3,13)14)22(4,15)16)9(12)8(2)11(23(5,17)18)24(6,19)20/h7-8,12H,1-6H3. The van der Waals surface area contributed by atoms with Crippen molar-refractivity contribution in [1.82, 2.24) is 12.5 Å². The maximum Gasteiger partial charge on any atom is 0.225 e. The molecule has 0 heterocycles. The van der Waals surface area contributed by atoms with Crippen LogP contribution in [0.15, 0.2) is 0 Å². The second-order valence-corrected chi connectivity index (χ2v) is 13.0. The van der Waals surface area contributed by atoms with Crippen molar-refractivity contribution in [1.29, 1.82) is 0 Å². The molecule has 0 aromatic heterocycles. The first kappa shape index (κ1) is 23.6. The third-order valence-electron chi connectivity index (χ3n) is 2.68. The molecule has 0 aromatic rings. The highest BCUT2D eigenvalue weighted by Crippen LogP contribution is 2.20. The van der Waals surface area contributed by atoms with Gasteiger partial charge in [-0.15, -0.1) is 0 Å². The Morgan fingerprint density at radius 2 is 0.750 bits per heavy atom. The van der Waals surface area contributed by atoms with Crippen molar-refractivity contribution in [3.8, 4) is 0 Å². The van der Waals surface area contributed by atoms with E-state index in [1.165, 1.54) is 0 Å². The summed E-state index contributed by atoms with van der Waals surface area (Å²) >= 11 is 0. The van der Waals surface area contributed by atoms with E-state index in [1.807, 2.05) is 0 Å². The maximum absolute atomic E-state index is 11.7. The lowest BCUT2D eigenvalue weighted by Crippen LogP contribution is -2.58. The van der Waals surface area contributed by atoms with Crippen LogP contribution in [-0.2, 0) is 40.1 Å². The van der Waals surface area contributed by atoms with E-state index in [9.17, 15) is 38.9 Å². The van der Waals surface area contributed by atoms with Crippen molar-refractivity contribution in [2.45, 2.75) is 26.2 Å². The molecule has 16 heteroatoms. The minimum Gasteiger partial charge on any atom is -0.311 e. The molecule has 0 amide bonds. The summed E-state index contributed by atoms with van der Waals surface area (Å²) in [5.41, 5.74) is 0. The van der Waals surface area contributed by atoms with E-state index in [0.29, 0.717) is 25.0 Å². The van der Waals surface area contributed by atoms with E-state index >= 15 is 0 Å². The van der Waals surface area contributed by atoms with Gasteiger partial charge in [0.15, 0.2) is 0 Å². The summed E-state index contributed by atoms with van der Waals surface area (Å²) in [5, 5.41) is 10.1. The zero-order chi connectivity index (χ0) is 19.9. The Morgan fingerprint density at radius 3 is 0.875 bits per heavy atom. The molecule has 0 saturated heterocycles. The normalized spacial score (nSPS) is 17.4. The summed E-state index contributed by atoms with van der Waals surface area (Å²) < 4.78 is 93.2. The molecule has 24 heavy (non-hydrogen) atoms. The van der Waals surface area contributed by atoms with Crippen molar-refractivity contribution >= 4 is 40.1 Å². The molecule has 0 aliphatic heterocycles. The van der Waals surface area contributed by atoms with E-state index in [2.05, 4.69) is 0 Å². The van der Waals surface area contributed by atoms with Gasteiger partial charge in [-0.3, -0.25) is 0 Å². The van der Waals surface area contributed by atoms with Gasteiger partial charge in [0.25, 0.3) is 0 Å². The van der Waals surface area contributed by atoms with Crippen LogP contribution in [0, 0.1) is 0 Å². The molecule has 0 radical (unpaired) electrons. The summed E-state index contributed by atoms with van der Waals surface area (Å²) in [4.78, 5) is 0. The summed E-state index contributed by atoms with van der Waals surface area (Å²) in [5.74, 6) is 0. The van der Waals surface area contributed by atoms with Gasteiger partial charge < -0.3 is 5.21 Å². The fourth-order valence-electron chi connectivity index (χ4n) is 2.11. The molecule has 2 unspecified atom stereocenters. The zero-order valence-electron chi connectivity index (χ0n) is 13.8. The highest BCUT2D eigenvalue weighted by Gasteiger charge is 2.42. The minimum absolute atomic E-state index is 0.00417. The number of hydrogen-bond acceptors (Lipinski definition) is 10. The van der Waals surface area contributed by atoms with Crippen LogP contribution >= 0.6 is 0 Å². The zero-order valence-corrected chi connectivity index (χ0v) is 17.1. The molecule has 0 aromatic carbocycles. The third-order valence-corrected chi connectivity index (χ3v) is 9.77. The summed E-state index contributed by atoms with van der Waals surface area (Å²) in [6, 6.07) is 0. The smallest absolute Gasteiger partial charge is 0.225 e. The van der Waals surface area contributed by atoms with Crippen LogP contribution in [0.4, 0.5) is 0 Å². The topological polar surface area (TPSA) is 167 Å². The second-order valence-electron chi connectivity index (χ2n) is 5.15. The molecule has 0 bridgehead atoms. The second kappa shape index (κ2) is 7.10. The first-order chi connectivity index (χ1) is 10.2. The van der Waals surface area contributed by atoms with Gasteiger partial charge in [-0.1, -0.05) is 7.42 Å². The molecule has 12 nitrogen and oxygen atoms in total. The summed E-state index contributed by atoms with van der Waals surface area (Å²) in [6.45, 7) is 1.89. The van der Waals surface area contributed by atoms with Crippen LogP contribution in [0.3, 0.4) is 0 Å². The van der Waals surface area contributed by atoms with E-state index in [-0.39, 0.29) is 12.5 Å². The van der Waals surface area contributed by atoms with Crippen molar-refractivity contribution < 1.29 is 38.9 Å². The first-order valence-electron chi connectivity index (χ1n) is 6.08. The Labute approximate surface area is 142 Å². The average Bonchev–Trinajstić information content (AvgIpc) is 2.18. The van der Waals surface area contributed by atoms with Crippen LogP contribution in [-0.4, -0.2) is 88.7 Å². The molecular weight excluding hydrogens is 410 g/mol. The Morgan fingerprint density at radius 1 is 0.583 bits per heavy atom. The molecule has 2 atom stereocenters. The van der Waals surface area contributed by atoms with Crippen LogP contribution in [0.1, 0.15) is 13.8 Å². The van der Waals surface area contributed by atoms with Crippen LogP contribution in [0.2, 0.25) is 0 Å². The predicted molar refractivity (Wildman–Crippen MR) is 85.6 cm³/mol. The minimum atomic E-state index is -4.37. The molecular formula is C8H21N3O9S4. The van der Waals surface area contributed by atoms with Gasteiger partial charge in [0.1, 0.15) is 12.3 Å². The fourth-order valence-corrected chi connectivity index (χ4v) is 8.64. The molecule has 146 valence electrons. The van der Waals surface area contributed by atoms with Gasteiger partial charge in [0.2, 0.25) is 40.1 Å². The van der Waals surface area contributed by atoms with Gasteiger partial charge in [-0.25, -0.2) is 33.7 Å². The molecule has 0 fully saturated rings. The highest BCUT2D eigenvalue weighted by atomic mass is 32.3. The molecule has 1 N–H and O–H groups in total. The molecule has 0 spiro atoms. The lowest BCUT2D eigenvalue weighted by Gasteiger charge is -2.36. The number of hydroxylamine groups is 2. The van der Waals surface area contributed by atoms with Gasteiger partial charge in [-0.05, 0) is 13.8 Å². The number of hydrogen-bond donors (Lipinski definition) is 1. The Kier molecular flexibility index (Phi) is 6.99. The van der Waals surface area contributed by atoms with Crippen molar-refractivity contribution in [2.75, 3.05) is 25.0 Å².